The Bertz CT molecular complexity index is 474. The molecule has 3 nitrogen and oxygen atoms in total. The lowest BCUT2D eigenvalue weighted by molar-refractivity contribution is 0.0602. The van der Waals surface area contributed by atoms with E-state index in [-0.39, 0.29) is 5.78 Å². The summed E-state index contributed by atoms with van der Waals surface area (Å²) in [6, 6.07) is 6.01. The van der Waals surface area contributed by atoms with Gasteiger partial charge in [0.2, 0.25) is 0 Å². The van der Waals surface area contributed by atoms with E-state index in [0.717, 1.165) is 31.7 Å². The van der Waals surface area contributed by atoms with Crippen molar-refractivity contribution in [2.45, 2.75) is 33.2 Å². The van der Waals surface area contributed by atoms with Crippen molar-refractivity contribution in [1.82, 2.24) is 10.2 Å². The summed E-state index contributed by atoms with van der Waals surface area (Å²) in [5, 5.41) is 3.33. The molecule has 0 saturated carbocycles. The molecular formula is C16H24N2O. The van der Waals surface area contributed by atoms with Crippen LogP contribution in [0.5, 0.6) is 0 Å². The van der Waals surface area contributed by atoms with Crippen molar-refractivity contribution in [3.05, 3.63) is 34.9 Å². The van der Waals surface area contributed by atoms with Crippen LogP contribution in [0.3, 0.4) is 0 Å². The monoisotopic (exact) mass is 260 g/mol. The fourth-order valence-corrected chi connectivity index (χ4v) is 2.60. The number of benzene rings is 1. The van der Waals surface area contributed by atoms with Crippen molar-refractivity contribution < 1.29 is 4.79 Å². The number of ketones is 1. The molecule has 2 rings (SSSR count). The first kappa shape index (κ1) is 14.2. The number of hydrogen-bond donors (Lipinski definition) is 1. The Morgan fingerprint density at radius 2 is 1.79 bits per heavy atom. The second-order valence-electron chi connectivity index (χ2n) is 5.92. The van der Waals surface area contributed by atoms with Gasteiger partial charge in [-0.3, -0.25) is 9.69 Å². The third kappa shape index (κ3) is 2.88. The molecule has 0 aliphatic carbocycles. The second kappa shape index (κ2) is 5.43. The van der Waals surface area contributed by atoms with Crippen LogP contribution in [0.25, 0.3) is 0 Å². The zero-order chi connectivity index (χ0) is 14.0. The molecule has 0 atom stereocenters. The van der Waals surface area contributed by atoms with Crippen molar-refractivity contribution in [2.75, 3.05) is 26.2 Å². The van der Waals surface area contributed by atoms with Crippen molar-refractivity contribution in [2.24, 2.45) is 0 Å². The van der Waals surface area contributed by atoms with Gasteiger partial charge in [-0.1, -0.05) is 12.1 Å². The van der Waals surface area contributed by atoms with E-state index in [2.05, 4.69) is 24.1 Å². The van der Waals surface area contributed by atoms with E-state index >= 15 is 0 Å². The molecule has 0 bridgehead atoms. The van der Waals surface area contributed by atoms with Gasteiger partial charge in [0.15, 0.2) is 5.78 Å². The zero-order valence-corrected chi connectivity index (χ0v) is 12.4. The molecule has 0 unspecified atom stereocenters. The third-order valence-corrected chi connectivity index (χ3v) is 4.23. The minimum absolute atomic E-state index is 0.220. The molecule has 0 aromatic heterocycles. The summed E-state index contributed by atoms with van der Waals surface area (Å²) in [6.07, 6.45) is 0. The molecule has 1 heterocycles. The second-order valence-corrected chi connectivity index (χ2v) is 5.92. The van der Waals surface area contributed by atoms with E-state index < -0.39 is 5.54 Å². The maximum absolute atomic E-state index is 12.8. The van der Waals surface area contributed by atoms with Gasteiger partial charge in [0.1, 0.15) is 0 Å². The van der Waals surface area contributed by atoms with Gasteiger partial charge in [-0.05, 0) is 44.9 Å². The van der Waals surface area contributed by atoms with E-state index in [0.29, 0.717) is 0 Å². The van der Waals surface area contributed by atoms with Crippen molar-refractivity contribution >= 4 is 5.78 Å². The van der Waals surface area contributed by atoms with Crippen LogP contribution in [0, 0.1) is 13.8 Å². The van der Waals surface area contributed by atoms with Crippen LogP contribution in [0.15, 0.2) is 18.2 Å². The van der Waals surface area contributed by atoms with Crippen molar-refractivity contribution in [3.63, 3.8) is 0 Å². The molecule has 1 fully saturated rings. The molecule has 0 spiro atoms. The van der Waals surface area contributed by atoms with E-state index in [4.69, 9.17) is 0 Å². The number of carbonyl (C=O) groups is 1. The summed E-state index contributed by atoms with van der Waals surface area (Å²) >= 11 is 0. The minimum Gasteiger partial charge on any atom is -0.314 e. The van der Waals surface area contributed by atoms with Gasteiger partial charge in [0.25, 0.3) is 0 Å². The van der Waals surface area contributed by atoms with Gasteiger partial charge in [-0.2, -0.15) is 0 Å². The number of nitrogens with zero attached hydrogens (tertiary/aromatic N) is 1. The summed E-state index contributed by atoms with van der Waals surface area (Å²) in [5.74, 6) is 0.220. The van der Waals surface area contributed by atoms with Gasteiger partial charge in [0, 0.05) is 31.7 Å². The first-order chi connectivity index (χ1) is 8.93. The van der Waals surface area contributed by atoms with Gasteiger partial charge in [-0.25, -0.2) is 0 Å². The van der Waals surface area contributed by atoms with Crippen LogP contribution in [-0.4, -0.2) is 42.4 Å². The molecule has 0 amide bonds. The lowest BCUT2D eigenvalue weighted by atomic mass is 9.89. The number of aryl methyl sites for hydroxylation is 2. The highest BCUT2D eigenvalue weighted by Crippen LogP contribution is 2.22. The number of carbonyl (C=O) groups excluding carboxylic acids is 1. The van der Waals surface area contributed by atoms with E-state index in [1.54, 1.807) is 0 Å². The summed E-state index contributed by atoms with van der Waals surface area (Å²) in [6.45, 7) is 12.0. The fourth-order valence-electron chi connectivity index (χ4n) is 2.60. The molecule has 1 aliphatic rings. The smallest absolute Gasteiger partial charge is 0.182 e. The third-order valence-electron chi connectivity index (χ3n) is 4.23. The Morgan fingerprint density at radius 3 is 2.37 bits per heavy atom. The van der Waals surface area contributed by atoms with Gasteiger partial charge >= 0.3 is 0 Å². The lowest BCUT2D eigenvalue weighted by Crippen LogP contribution is -2.57. The Hall–Kier alpha value is -1.19. The Kier molecular flexibility index (Phi) is 4.07. The standard InChI is InChI=1S/C16H24N2O/c1-12-5-6-14(11-13(12)2)15(19)16(3,4)18-9-7-17-8-10-18/h5-6,11,17H,7-10H2,1-4H3. The highest BCUT2D eigenvalue weighted by Gasteiger charge is 2.35. The number of piperazine rings is 1. The summed E-state index contributed by atoms with van der Waals surface area (Å²) < 4.78 is 0. The quantitative estimate of drug-likeness (QED) is 0.845. The number of Topliss-reactive ketones (excluding diaryl/α,β-unsaturated/α-hetero) is 1. The zero-order valence-electron chi connectivity index (χ0n) is 12.4. The fraction of sp³-hybridized carbons (Fsp3) is 0.562. The minimum atomic E-state index is -0.427. The van der Waals surface area contributed by atoms with E-state index in [1.165, 1.54) is 11.1 Å². The summed E-state index contributed by atoms with van der Waals surface area (Å²) in [4.78, 5) is 15.0. The molecule has 3 heteroatoms. The Balaban J connectivity index is 2.23. The van der Waals surface area contributed by atoms with Crippen LogP contribution >= 0.6 is 0 Å². The van der Waals surface area contributed by atoms with Crippen molar-refractivity contribution in [1.29, 1.82) is 0 Å². The highest BCUT2D eigenvalue weighted by atomic mass is 16.1. The van der Waals surface area contributed by atoms with Crippen LogP contribution in [0.4, 0.5) is 0 Å². The van der Waals surface area contributed by atoms with Crippen LogP contribution < -0.4 is 5.32 Å². The topological polar surface area (TPSA) is 32.3 Å². The predicted octanol–water partition coefficient (Wildman–Crippen LogP) is 2.17. The maximum Gasteiger partial charge on any atom is 0.182 e. The van der Waals surface area contributed by atoms with E-state index in [1.807, 2.05) is 32.0 Å². The molecule has 0 radical (unpaired) electrons. The summed E-state index contributed by atoms with van der Waals surface area (Å²) in [7, 11) is 0. The summed E-state index contributed by atoms with van der Waals surface area (Å²) in [5.41, 5.74) is 2.81. The Morgan fingerprint density at radius 1 is 1.16 bits per heavy atom. The molecule has 1 aromatic rings. The number of nitrogens with one attached hydrogen (secondary N) is 1. The van der Waals surface area contributed by atoms with E-state index in [9.17, 15) is 4.79 Å². The molecule has 104 valence electrons. The lowest BCUT2D eigenvalue weighted by Gasteiger charge is -2.40. The van der Waals surface area contributed by atoms with Crippen molar-refractivity contribution in [3.8, 4) is 0 Å². The van der Waals surface area contributed by atoms with Crippen LogP contribution in [0.1, 0.15) is 35.3 Å². The van der Waals surface area contributed by atoms with Gasteiger partial charge in [0.05, 0.1) is 5.54 Å². The van der Waals surface area contributed by atoms with Gasteiger partial charge in [-0.15, -0.1) is 0 Å². The SMILES string of the molecule is Cc1ccc(C(=O)C(C)(C)N2CCNCC2)cc1C. The molecule has 1 saturated heterocycles. The Labute approximate surface area is 116 Å². The number of rotatable bonds is 3. The molecule has 19 heavy (non-hydrogen) atoms. The molecule has 1 aromatic carbocycles. The normalized spacial score (nSPS) is 17.5. The van der Waals surface area contributed by atoms with Crippen LogP contribution in [-0.2, 0) is 0 Å². The maximum atomic E-state index is 12.8. The predicted molar refractivity (Wildman–Crippen MR) is 78.8 cm³/mol. The largest absolute Gasteiger partial charge is 0.314 e. The van der Waals surface area contributed by atoms with Gasteiger partial charge < -0.3 is 5.32 Å². The van der Waals surface area contributed by atoms with Crippen LogP contribution in [0.2, 0.25) is 0 Å². The molecule has 1 aliphatic heterocycles. The first-order valence-electron chi connectivity index (χ1n) is 7.01. The first-order valence-corrected chi connectivity index (χ1v) is 7.01. The average molecular weight is 260 g/mol. The highest BCUT2D eigenvalue weighted by molar-refractivity contribution is 6.02. The number of hydrogen-bond acceptors (Lipinski definition) is 3. The molecular weight excluding hydrogens is 236 g/mol. The average Bonchev–Trinajstić information content (AvgIpc) is 2.42. The molecule has 1 N–H and O–H groups in total.